The van der Waals surface area contributed by atoms with Crippen molar-refractivity contribution < 1.29 is 0 Å². The quantitative estimate of drug-likeness (QED) is 0.421. The summed E-state index contributed by atoms with van der Waals surface area (Å²) in [6.07, 6.45) is 2.26. The van der Waals surface area contributed by atoms with Crippen molar-refractivity contribution in [2.24, 2.45) is 0 Å². The highest BCUT2D eigenvalue weighted by atomic mass is 79.9. The summed E-state index contributed by atoms with van der Waals surface area (Å²) in [6, 6.07) is 0. The van der Waals surface area contributed by atoms with E-state index in [1.54, 1.807) is 0 Å². The maximum absolute atomic E-state index is 3.57. The number of hydrogen-bond donors (Lipinski definition) is 0. The van der Waals surface area contributed by atoms with Crippen molar-refractivity contribution in [3.63, 3.8) is 0 Å². The van der Waals surface area contributed by atoms with Gasteiger partial charge in [0.05, 0.1) is 3.66 Å². The Morgan fingerprint density at radius 2 is 2.50 bits per heavy atom. The first-order chi connectivity index (χ1) is 3.60. The van der Waals surface area contributed by atoms with Gasteiger partial charge in [0.2, 0.25) is 0 Å². The maximum atomic E-state index is 3.57. The van der Waals surface area contributed by atoms with Gasteiger partial charge in [-0.1, -0.05) is 27.6 Å². The lowest BCUT2D eigenvalue weighted by atomic mass is 10.3. The summed E-state index contributed by atoms with van der Waals surface area (Å²) in [5, 5.41) is 0. The van der Waals surface area contributed by atoms with Crippen LogP contribution in [0.2, 0.25) is 0 Å². The van der Waals surface area contributed by atoms with Crippen molar-refractivity contribution in [2.75, 3.05) is 5.75 Å². The first kappa shape index (κ1) is 6.69. The van der Waals surface area contributed by atoms with Gasteiger partial charge in [-0.05, 0) is 13.8 Å². The van der Waals surface area contributed by atoms with Gasteiger partial charge in [0.25, 0.3) is 0 Å². The molecular formula is C6H9BrS. The van der Waals surface area contributed by atoms with Crippen molar-refractivity contribution in [1.82, 2.24) is 0 Å². The first-order valence-corrected chi connectivity index (χ1v) is 4.39. The van der Waals surface area contributed by atoms with Crippen LogP contribution in [0.3, 0.4) is 0 Å². The topological polar surface area (TPSA) is 0 Å². The molecule has 0 radical (unpaired) electrons. The largest absolute Gasteiger partial charge is 0.135 e. The molecule has 0 nitrogen and oxygen atoms in total. The van der Waals surface area contributed by atoms with Gasteiger partial charge in [-0.15, -0.1) is 11.8 Å². The monoisotopic (exact) mass is 192 g/mol. The number of rotatable bonds is 0. The summed E-state index contributed by atoms with van der Waals surface area (Å²) in [5.41, 5.74) is 1.48. The minimum absolute atomic E-state index is 0.233. The normalized spacial score (nSPS) is 37.6. The lowest BCUT2D eigenvalue weighted by Gasteiger charge is -2.08. The molecule has 0 fully saturated rings. The van der Waals surface area contributed by atoms with E-state index in [4.69, 9.17) is 0 Å². The van der Waals surface area contributed by atoms with E-state index in [1.807, 2.05) is 11.8 Å². The van der Waals surface area contributed by atoms with Crippen molar-refractivity contribution in [2.45, 2.75) is 17.5 Å². The molecule has 0 aliphatic carbocycles. The minimum atomic E-state index is 0.233. The zero-order valence-corrected chi connectivity index (χ0v) is 7.47. The summed E-state index contributed by atoms with van der Waals surface area (Å²) in [4.78, 5) is 0. The van der Waals surface area contributed by atoms with E-state index in [2.05, 4.69) is 35.9 Å². The lowest BCUT2D eigenvalue weighted by molar-refractivity contribution is 1.18. The highest BCUT2D eigenvalue weighted by molar-refractivity contribution is 9.12. The van der Waals surface area contributed by atoms with Crippen molar-refractivity contribution in [1.29, 1.82) is 0 Å². The Hall–Kier alpha value is 0.570. The van der Waals surface area contributed by atoms with Crippen LogP contribution in [-0.2, 0) is 0 Å². The third-order valence-electron chi connectivity index (χ3n) is 1.09. The molecule has 1 aliphatic rings. The standard InChI is InChI=1S/C6H9BrS/c1-5-3-6(2,7)8-4-5/h3H,4H2,1-2H3. The van der Waals surface area contributed by atoms with Gasteiger partial charge in [0, 0.05) is 5.75 Å². The summed E-state index contributed by atoms with van der Waals surface area (Å²) >= 11 is 5.50. The maximum Gasteiger partial charge on any atom is 0.0865 e. The van der Waals surface area contributed by atoms with E-state index in [-0.39, 0.29) is 3.66 Å². The SMILES string of the molecule is CC1=CC(C)(Br)SC1. The molecule has 0 aromatic heterocycles. The van der Waals surface area contributed by atoms with Crippen LogP contribution in [0.1, 0.15) is 13.8 Å². The van der Waals surface area contributed by atoms with Crippen molar-refractivity contribution in [3.05, 3.63) is 11.6 Å². The van der Waals surface area contributed by atoms with E-state index in [9.17, 15) is 0 Å². The Bertz CT molecular complexity index is 126. The molecule has 0 N–H and O–H groups in total. The van der Waals surface area contributed by atoms with Gasteiger partial charge in [-0.2, -0.15) is 0 Å². The predicted molar refractivity (Wildman–Crippen MR) is 43.5 cm³/mol. The van der Waals surface area contributed by atoms with Gasteiger partial charge >= 0.3 is 0 Å². The molecule has 0 spiro atoms. The van der Waals surface area contributed by atoms with Gasteiger partial charge in [-0.25, -0.2) is 0 Å². The number of halogens is 1. The minimum Gasteiger partial charge on any atom is -0.135 e. The molecular weight excluding hydrogens is 184 g/mol. The fourth-order valence-corrected chi connectivity index (χ4v) is 2.39. The van der Waals surface area contributed by atoms with Crippen LogP contribution in [0, 0.1) is 0 Å². The van der Waals surface area contributed by atoms with Crippen LogP contribution in [0.25, 0.3) is 0 Å². The highest BCUT2D eigenvalue weighted by Crippen LogP contribution is 2.40. The van der Waals surface area contributed by atoms with Crippen LogP contribution in [-0.4, -0.2) is 9.41 Å². The van der Waals surface area contributed by atoms with Gasteiger partial charge in [0.1, 0.15) is 0 Å². The van der Waals surface area contributed by atoms with E-state index in [1.165, 1.54) is 11.3 Å². The second-order valence-electron chi connectivity index (χ2n) is 2.27. The number of thioether (sulfide) groups is 1. The lowest BCUT2D eigenvalue weighted by Crippen LogP contribution is -1.98. The van der Waals surface area contributed by atoms with Crippen LogP contribution >= 0.6 is 27.7 Å². The molecule has 1 unspecified atom stereocenters. The Labute approximate surface area is 62.9 Å². The molecule has 0 amide bonds. The van der Waals surface area contributed by atoms with Crippen molar-refractivity contribution in [3.8, 4) is 0 Å². The molecule has 1 rings (SSSR count). The molecule has 1 heterocycles. The van der Waals surface area contributed by atoms with Crippen LogP contribution in [0.5, 0.6) is 0 Å². The first-order valence-electron chi connectivity index (χ1n) is 2.61. The van der Waals surface area contributed by atoms with E-state index < -0.39 is 0 Å². The fourth-order valence-electron chi connectivity index (χ4n) is 0.778. The predicted octanol–water partition coefficient (Wildman–Crippen LogP) is 2.79. The Balaban J connectivity index is 2.67. The second-order valence-corrected chi connectivity index (χ2v) is 5.86. The summed E-state index contributed by atoms with van der Waals surface area (Å²) in [6.45, 7) is 4.34. The third kappa shape index (κ3) is 1.52. The molecule has 1 atom stereocenters. The average Bonchev–Trinajstić information content (AvgIpc) is 1.82. The molecule has 0 saturated carbocycles. The molecule has 0 bridgehead atoms. The van der Waals surface area contributed by atoms with Crippen molar-refractivity contribution >= 4 is 27.7 Å². The summed E-state index contributed by atoms with van der Waals surface area (Å²) < 4.78 is 0.233. The van der Waals surface area contributed by atoms with E-state index >= 15 is 0 Å². The Kier molecular flexibility index (Phi) is 1.73. The van der Waals surface area contributed by atoms with Gasteiger partial charge in [-0.3, -0.25) is 0 Å². The third-order valence-corrected chi connectivity index (χ3v) is 3.28. The van der Waals surface area contributed by atoms with E-state index in [0.717, 1.165) is 0 Å². The van der Waals surface area contributed by atoms with E-state index in [0.29, 0.717) is 0 Å². The zero-order chi connectivity index (χ0) is 6.20. The number of hydrogen-bond acceptors (Lipinski definition) is 1. The molecule has 46 valence electrons. The molecule has 0 aromatic rings. The van der Waals surface area contributed by atoms with Crippen LogP contribution in [0.15, 0.2) is 11.6 Å². The summed E-state index contributed by atoms with van der Waals surface area (Å²) in [7, 11) is 0. The molecule has 2 heteroatoms. The summed E-state index contributed by atoms with van der Waals surface area (Å²) in [5.74, 6) is 1.18. The molecule has 8 heavy (non-hydrogen) atoms. The average molecular weight is 193 g/mol. The van der Waals surface area contributed by atoms with Gasteiger partial charge < -0.3 is 0 Å². The smallest absolute Gasteiger partial charge is 0.0865 e. The van der Waals surface area contributed by atoms with Crippen LogP contribution in [0.4, 0.5) is 0 Å². The molecule has 1 aliphatic heterocycles. The molecule has 0 aromatic carbocycles. The molecule has 0 saturated heterocycles. The Morgan fingerprint density at radius 3 is 2.62 bits per heavy atom. The zero-order valence-electron chi connectivity index (χ0n) is 5.07. The number of alkyl halides is 1. The van der Waals surface area contributed by atoms with Crippen LogP contribution < -0.4 is 0 Å². The fraction of sp³-hybridized carbons (Fsp3) is 0.667. The van der Waals surface area contributed by atoms with Gasteiger partial charge in [0.15, 0.2) is 0 Å². The second kappa shape index (κ2) is 2.07. The Morgan fingerprint density at radius 1 is 1.88 bits per heavy atom. The highest BCUT2D eigenvalue weighted by Gasteiger charge is 2.22.